The molecule has 1 aliphatic heterocycles. The number of aromatic nitrogens is 1. The lowest BCUT2D eigenvalue weighted by Crippen LogP contribution is -2.48. The summed E-state index contributed by atoms with van der Waals surface area (Å²) in [6.07, 6.45) is -0.938. The number of carboxylic acid groups (broad SMARTS) is 1. The van der Waals surface area contributed by atoms with E-state index in [4.69, 9.17) is 4.74 Å². The van der Waals surface area contributed by atoms with Gasteiger partial charge in [-0.05, 0) is 26.0 Å². The second-order valence-electron chi connectivity index (χ2n) is 5.32. The first-order valence-electron chi connectivity index (χ1n) is 6.62. The van der Waals surface area contributed by atoms with Crippen molar-refractivity contribution in [3.63, 3.8) is 0 Å². The van der Waals surface area contributed by atoms with Gasteiger partial charge < -0.3 is 9.84 Å². The smallest absolute Gasteiger partial charge is 0.409 e. The Morgan fingerprint density at radius 3 is 3.05 bits per heavy atom. The Balaban J connectivity index is 1.71. The number of thiazole rings is 1. The Kier molecular flexibility index (Phi) is 3.81. The topological polar surface area (TPSA) is 62.7 Å². The first-order valence-corrected chi connectivity index (χ1v) is 8.42. The van der Waals surface area contributed by atoms with E-state index in [1.807, 2.05) is 24.3 Å². The number of hydrogen-bond donors (Lipinski definition) is 1. The number of fused-ring (bicyclic) bond motifs is 1. The molecular formula is C14H16N2O3S2. The molecule has 0 bridgehead atoms. The fraction of sp³-hybridized carbons (Fsp3) is 0.429. The van der Waals surface area contributed by atoms with Crippen LogP contribution in [0.3, 0.4) is 0 Å². The van der Waals surface area contributed by atoms with Crippen molar-refractivity contribution in [1.82, 2.24) is 9.88 Å². The lowest BCUT2D eigenvalue weighted by molar-refractivity contribution is -0.0414. The summed E-state index contributed by atoms with van der Waals surface area (Å²) < 4.78 is 7.70. The molecule has 1 aromatic carbocycles. The third-order valence-corrected chi connectivity index (χ3v) is 5.78. The van der Waals surface area contributed by atoms with Gasteiger partial charge in [-0.2, -0.15) is 0 Å². The minimum Gasteiger partial charge on any atom is -0.465 e. The van der Waals surface area contributed by atoms with Gasteiger partial charge in [0, 0.05) is 5.75 Å². The Morgan fingerprint density at radius 1 is 1.57 bits per heavy atom. The molecule has 1 N–H and O–H groups in total. The number of amides is 1. The minimum absolute atomic E-state index is 0.144. The first-order chi connectivity index (χ1) is 9.97. The molecule has 2 heterocycles. The van der Waals surface area contributed by atoms with E-state index in [9.17, 15) is 9.90 Å². The van der Waals surface area contributed by atoms with Crippen LogP contribution in [0.4, 0.5) is 4.79 Å². The molecule has 7 heteroatoms. The van der Waals surface area contributed by atoms with E-state index in [0.29, 0.717) is 12.4 Å². The molecule has 5 nitrogen and oxygen atoms in total. The van der Waals surface area contributed by atoms with Crippen LogP contribution >= 0.6 is 23.1 Å². The van der Waals surface area contributed by atoms with Crippen LogP contribution < -0.4 is 0 Å². The van der Waals surface area contributed by atoms with Gasteiger partial charge in [0.25, 0.3) is 0 Å². The van der Waals surface area contributed by atoms with Crippen LogP contribution in [-0.2, 0) is 4.74 Å². The molecule has 1 fully saturated rings. The number of hydrogen-bond acceptors (Lipinski definition) is 5. The van der Waals surface area contributed by atoms with Gasteiger partial charge in [0.05, 0.1) is 22.9 Å². The molecule has 21 heavy (non-hydrogen) atoms. The maximum Gasteiger partial charge on any atom is 0.409 e. The first kappa shape index (κ1) is 14.6. The third-order valence-electron chi connectivity index (χ3n) is 3.45. The molecule has 1 saturated heterocycles. The predicted octanol–water partition coefficient (Wildman–Crippen LogP) is 3.50. The molecule has 0 saturated carbocycles. The summed E-state index contributed by atoms with van der Waals surface area (Å²) in [4.78, 5) is 17.4. The summed E-state index contributed by atoms with van der Waals surface area (Å²) in [5.74, 6) is 0.648. The lowest BCUT2D eigenvalue weighted by Gasteiger charge is -2.30. The summed E-state index contributed by atoms with van der Waals surface area (Å²) >= 11 is 3.22. The zero-order valence-corrected chi connectivity index (χ0v) is 13.4. The van der Waals surface area contributed by atoms with E-state index in [1.54, 1.807) is 36.9 Å². The fourth-order valence-electron chi connectivity index (χ4n) is 2.47. The quantitative estimate of drug-likeness (QED) is 0.876. The van der Waals surface area contributed by atoms with Crippen molar-refractivity contribution in [2.24, 2.45) is 0 Å². The molecule has 3 rings (SSSR count). The Morgan fingerprint density at radius 2 is 2.33 bits per heavy atom. The molecule has 0 aliphatic carbocycles. The maximum absolute atomic E-state index is 11.4. The van der Waals surface area contributed by atoms with Crippen LogP contribution in [0.25, 0.3) is 10.2 Å². The standard InChI is InChI=1S/C14H16N2O3S2/c1-14(2)16(13(17)18)9(7-19-14)8-20-12-15-10-5-3-4-6-11(10)21-12/h3-6,9H,7-8H2,1-2H3,(H,17,18)/t9-/m1/s1. The monoisotopic (exact) mass is 324 g/mol. The van der Waals surface area contributed by atoms with Crippen LogP contribution in [-0.4, -0.2) is 45.2 Å². The highest BCUT2D eigenvalue weighted by Crippen LogP contribution is 2.34. The van der Waals surface area contributed by atoms with Gasteiger partial charge in [-0.25, -0.2) is 9.78 Å². The zero-order valence-electron chi connectivity index (χ0n) is 11.8. The van der Waals surface area contributed by atoms with Crippen LogP contribution in [0.1, 0.15) is 13.8 Å². The number of carbonyl (C=O) groups is 1. The molecule has 112 valence electrons. The highest BCUT2D eigenvalue weighted by atomic mass is 32.2. The molecule has 2 aromatic rings. The number of rotatable bonds is 3. The van der Waals surface area contributed by atoms with Gasteiger partial charge in [0.2, 0.25) is 0 Å². The summed E-state index contributed by atoms with van der Waals surface area (Å²) in [6, 6.07) is 7.85. The summed E-state index contributed by atoms with van der Waals surface area (Å²) in [6.45, 7) is 3.99. The van der Waals surface area contributed by atoms with E-state index in [-0.39, 0.29) is 6.04 Å². The number of benzene rings is 1. The Bertz CT molecular complexity index is 638. The number of nitrogens with zero attached hydrogens (tertiary/aromatic N) is 2. The molecule has 0 unspecified atom stereocenters. The number of ether oxygens (including phenoxy) is 1. The second-order valence-corrected chi connectivity index (χ2v) is 7.62. The minimum atomic E-state index is -0.938. The lowest BCUT2D eigenvalue weighted by atomic mass is 10.2. The van der Waals surface area contributed by atoms with Crippen molar-refractivity contribution < 1.29 is 14.6 Å². The predicted molar refractivity (Wildman–Crippen MR) is 84.0 cm³/mol. The SMILES string of the molecule is CC1(C)OC[C@H](CSc2nc3ccccc3s2)N1C(=O)O. The van der Waals surface area contributed by atoms with E-state index in [0.717, 1.165) is 14.6 Å². The van der Waals surface area contributed by atoms with Gasteiger partial charge in [-0.3, -0.25) is 4.90 Å². The summed E-state index contributed by atoms with van der Waals surface area (Å²) in [5.41, 5.74) is 0.230. The van der Waals surface area contributed by atoms with Crippen LogP contribution in [0, 0.1) is 0 Å². The zero-order chi connectivity index (χ0) is 15.0. The van der Waals surface area contributed by atoms with Crippen molar-refractivity contribution in [1.29, 1.82) is 0 Å². The summed E-state index contributed by atoms with van der Waals surface area (Å²) in [5, 5.41) is 9.35. The van der Waals surface area contributed by atoms with E-state index in [2.05, 4.69) is 4.98 Å². The van der Waals surface area contributed by atoms with Gasteiger partial charge in [-0.15, -0.1) is 11.3 Å². The van der Waals surface area contributed by atoms with E-state index >= 15 is 0 Å². The fourth-order valence-corrected chi connectivity index (χ4v) is 4.62. The van der Waals surface area contributed by atoms with Gasteiger partial charge in [0.1, 0.15) is 5.72 Å². The largest absolute Gasteiger partial charge is 0.465 e. The average molecular weight is 324 g/mol. The number of thioether (sulfide) groups is 1. The maximum atomic E-state index is 11.4. The van der Waals surface area contributed by atoms with Crippen molar-refractivity contribution >= 4 is 39.4 Å². The molecule has 1 atom stereocenters. The molecule has 1 aromatic heterocycles. The van der Waals surface area contributed by atoms with Gasteiger partial charge in [-0.1, -0.05) is 23.9 Å². The highest BCUT2D eigenvalue weighted by Gasteiger charge is 2.43. The Hall–Kier alpha value is -1.31. The van der Waals surface area contributed by atoms with E-state index in [1.165, 1.54) is 4.90 Å². The van der Waals surface area contributed by atoms with Crippen LogP contribution in [0.2, 0.25) is 0 Å². The van der Waals surface area contributed by atoms with Crippen LogP contribution in [0.15, 0.2) is 28.6 Å². The summed E-state index contributed by atoms with van der Waals surface area (Å²) in [7, 11) is 0. The molecule has 1 aliphatic rings. The average Bonchev–Trinajstić information content (AvgIpc) is 2.96. The van der Waals surface area contributed by atoms with Crippen molar-refractivity contribution in [2.75, 3.05) is 12.4 Å². The molecular weight excluding hydrogens is 308 g/mol. The number of para-hydroxylation sites is 1. The van der Waals surface area contributed by atoms with Crippen molar-refractivity contribution in [2.45, 2.75) is 30.0 Å². The second kappa shape index (κ2) is 5.47. The normalized spacial score (nSPS) is 21.0. The molecule has 0 spiro atoms. The molecule has 1 amide bonds. The molecule has 0 radical (unpaired) electrons. The van der Waals surface area contributed by atoms with Crippen LogP contribution in [0.5, 0.6) is 0 Å². The van der Waals surface area contributed by atoms with E-state index < -0.39 is 11.8 Å². The van der Waals surface area contributed by atoms with Crippen molar-refractivity contribution in [3.05, 3.63) is 24.3 Å². The Labute approximate surface area is 130 Å². The van der Waals surface area contributed by atoms with Gasteiger partial charge >= 0.3 is 6.09 Å². The third kappa shape index (κ3) is 2.86. The van der Waals surface area contributed by atoms with Gasteiger partial charge in [0.15, 0.2) is 4.34 Å². The van der Waals surface area contributed by atoms with Crippen molar-refractivity contribution in [3.8, 4) is 0 Å². The highest BCUT2D eigenvalue weighted by molar-refractivity contribution is 8.01.